The number of anilines is 1. The minimum absolute atomic E-state index is 0.103. The average Bonchev–Trinajstić information content (AvgIpc) is 3.45. The molecule has 2 bridgehead atoms. The lowest BCUT2D eigenvalue weighted by molar-refractivity contribution is -0.116. The molecule has 9 heteroatoms. The van der Waals surface area contributed by atoms with Crippen molar-refractivity contribution >= 4 is 32.5 Å². The molecule has 2 aliphatic rings. The highest BCUT2D eigenvalue weighted by atomic mass is 32.2. The number of benzene rings is 2. The smallest absolute Gasteiger partial charge is 0.261 e. The maximum absolute atomic E-state index is 12.9. The first-order chi connectivity index (χ1) is 16.3. The van der Waals surface area contributed by atoms with Gasteiger partial charge in [0.15, 0.2) is 0 Å². The van der Waals surface area contributed by atoms with Crippen molar-refractivity contribution in [2.24, 2.45) is 17.8 Å². The summed E-state index contributed by atoms with van der Waals surface area (Å²) in [7, 11) is -3.65. The summed E-state index contributed by atoms with van der Waals surface area (Å²) in [5.74, 6) is 1.38. The molecule has 1 heterocycles. The zero-order valence-electron chi connectivity index (χ0n) is 19.0. The van der Waals surface area contributed by atoms with Crippen molar-refractivity contribution in [3.05, 3.63) is 65.2 Å². The Morgan fingerprint density at radius 3 is 2.59 bits per heavy atom. The van der Waals surface area contributed by atoms with E-state index in [1.165, 1.54) is 42.3 Å². The Kier molecular flexibility index (Phi) is 5.99. The first-order valence-electron chi connectivity index (χ1n) is 11.7. The van der Waals surface area contributed by atoms with Crippen molar-refractivity contribution < 1.29 is 13.2 Å². The van der Waals surface area contributed by atoms with Crippen LogP contribution in [0.25, 0.3) is 10.9 Å². The lowest BCUT2D eigenvalue weighted by Crippen LogP contribution is -2.40. The van der Waals surface area contributed by atoms with Gasteiger partial charge < -0.3 is 5.32 Å². The minimum Gasteiger partial charge on any atom is -0.325 e. The van der Waals surface area contributed by atoms with E-state index in [0.29, 0.717) is 28.4 Å². The number of carbonyl (C=O) groups excluding carboxylic acids is 1. The van der Waals surface area contributed by atoms with Gasteiger partial charge >= 0.3 is 0 Å². The third-order valence-corrected chi connectivity index (χ3v) is 8.84. The van der Waals surface area contributed by atoms with Gasteiger partial charge in [0, 0.05) is 11.7 Å². The standard InChI is InChI=1S/C25H28N4O4S/c1-16(22-13-17-6-7-18(22)12-17)28-34(32,33)20-10-8-19(9-11-20)27-24(30)14-29-15-26-23-5-3-2-4-21(23)25(29)31/h2-5,8-11,15-18,22,28H,6-7,12-14H2,1H3,(H,27,30)/t16-,17+,18+,22-/m1/s1. The van der Waals surface area contributed by atoms with Crippen molar-refractivity contribution in [1.82, 2.24) is 14.3 Å². The first-order valence-corrected chi connectivity index (χ1v) is 13.1. The van der Waals surface area contributed by atoms with E-state index in [4.69, 9.17) is 0 Å². The number of hydrogen-bond acceptors (Lipinski definition) is 5. The van der Waals surface area contributed by atoms with Crippen LogP contribution < -0.4 is 15.6 Å². The SMILES string of the molecule is C[C@@H](NS(=O)(=O)c1ccc(NC(=O)Cn2cnc3ccccc3c2=O)cc1)[C@H]1C[C@H]2CC[C@H]1C2. The zero-order valence-corrected chi connectivity index (χ0v) is 19.8. The van der Waals surface area contributed by atoms with Crippen LogP contribution in [-0.2, 0) is 21.4 Å². The molecular formula is C25H28N4O4S. The Labute approximate surface area is 198 Å². The Morgan fingerprint density at radius 2 is 1.88 bits per heavy atom. The molecule has 0 spiro atoms. The number of amides is 1. The summed E-state index contributed by atoms with van der Waals surface area (Å²) < 4.78 is 29.9. The van der Waals surface area contributed by atoms with Gasteiger partial charge in [-0.1, -0.05) is 18.6 Å². The molecule has 1 aromatic heterocycles. The van der Waals surface area contributed by atoms with Gasteiger partial charge in [-0.05, 0) is 80.3 Å². The number of aromatic nitrogens is 2. The van der Waals surface area contributed by atoms with Gasteiger partial charge in [-0.15, -0.1) is 0 Å². The van der Waals surface area contributed by atoms with Gasteiger partial charge in [0.1, 0.15) is 6.54 Å². The number of rotatable bonds is 7. The fourth-order valence-electron chi connectivity index (χ4n) is 5.60. The van der Waals surface area contributed by atoms with Crippen LogP contribution in [0, 0.1) is 17.8 Å². The van der Waals surface area contributed by atoms with Crippen LogP contribution in [0.2, 0.25) is 0 Å². The summed E-state index contributed by atoms with van der Waals surface area (Å²) in [5.41, 5.74) is 0.731. The van der Waals surface area contributed by atoms with E-state index in [1.807, 2.05) is 6.92 Å². The third-order valence-electron chi connectivity index (χ3n) is 7.27. The molecule has 0 unspecified atom stereocenters. The average molecular weight is 481 g/mol. The summed E-state index contributed by atoms with van der Waals surface area (Å²) in [6, 6.07) is 12.9. The highest BCUT2D eigenvalue weighted by Gasteiger charge is 2.42. The van der Waals surface area contributed by atoms with Gasteiger partial charge in [0.05, 0.1) is 22.1 Å². The molecule has 0 saturated heterocycles. The van der Waals surface area contributed by atoms with E-state index >= 15 is 0 Å². The summed E-state index contributed by atoms with van der Waals surface area (Å²) >= 11 is 0. The van der Waals surface area contributed by atoms with E-state index < -0.39 is 15.9 Å². The fraction of sp³-hybridized carbons (Fsp3) is 0.400. The third kappa shape index (κ3) is 4.50. The van der Waals surface area contributed by atoms with E-state index in [0.717, 1.165) is 12.3 Å². The maximum atomic E-state index is 12.9. The second-order valence-corrected chi connectivity index (χ2v) is 11.2. The predicted molar refractivity (Wildman–Crippen MR) is 130 cm³/mol. The molecular weight excluding hydrogens is 452 g/mol. The molecule has 178 valence electrons. The van der Waals surface area contributed by atoms with Crippen LogP contribution in [0.5, 0.6) is 0 Å². The predicted octanol–water partition coefficient (Wildman–Crippen LogP) is 3.14. The molecule has 5 rings (SSSR count). The monoisotopic (exact) mass is 480 g/mol. The minimum atomic E-state index is -3.65. The number of nitrogens with zero attached hydrogens (tertiary/aromatic N) is 2. The molecule has 1 amide bonds. The van der Waals surface area contributed by atoms with Crippen LogP contribution in [0.15, 0.2) is 64.5 Å². The number of para-hydroxylation sites is 1. The van der Waals surface area contributed by atoms with Gasteiger partial charge in [-0.3, -0.25) is 14.2 Å². The van der Waals surface area contributed by atoms with Crippen LogP contribution in [0.4, 0.5) is 5.69 Å². The maximum Gasteiger partial charge on any atom is 0.261 e. The van der Waals surface area contributed by atoms with Crippen molar-refractivity contribution in [3.63, 3.8) is 0 Å². The van der Waals surface area contributed by atoms with Crippen LogP contribution >= 0.6 is 0 Å². The van der Waals surface area contributed by atoms with E-state index in [1.54, 1.807) is 36.4 Å². The largest absolute Gasteiger partial charge is 0.325 e. The summed E-state index contributed by atoms with van der Waals surface area (Å²) in [5, 5.41) is 3.15. The van der Waals surface area contributed by atoms with Gasteiger partial charge in [-0.25, -0.2) is 18.1 Å². The molecule has 2 aromatic carbocycles. The normalized spacial score (nSPS) is 22.7. The van der Waals surface area contributed by atoms with Crippen LogP contribution in [0.3, 0.4) is 0 Å². The molecule has 8 nitrogen and oxygen atoms in total. The van der Waals surface area contributed by atoms with Crippen molar-refractivity contribution in [1.29, 1.82) is 0 Å². The van der Waals surface area contributed by atoms with Gasteiger partial charge in [0.2, 0.25) is 15.9 Å². The topological polar surface area (TPSA) is 110 Å². The molecule has 4 atom stereocenters. The quantitative estimate of drug-likeness (QED) is 0.540. The Hall–Kier alpha value is -3.04. The van der Waals surface area contributed by atoms with Gasteiger partial charge in [0.25, 0.3) is 5.56 Å². The second kappa shape index (κ2) is 8.96. The lowest BCUT2D eigenvalue weighted by atomic mass is 9.84. The van der Waals surface area contributed by atoms with Gasteiger partial charge in [-0.2, -0.15) is 0 Å². The van der Waals surface area contributed by atoms with Crippen molar-refractivity contribution in [3.8, 4) is 0 Å². The molecule has 2 saturated carbocycles. The number of nitrogens with one attached hydrogen (secondary N) is 2. The molecule has 0 aliphatic heterocycles. The van der Waals surface area contributed by atoms with Crippen molar-refractivity contribution in [2.45, 2.75) is 50.1 Å². The van der Waals surface area contributed by atoms with E-state index in [9.17, 15) is 18.0 Å². The highest BCUT2D eigenvalue weighted by molar-refractivity contribution is 7.89. The molecule has 2 fully saturated rings. The number of sulfonamides is 1. The fourth-order valence-corrected chi connectivity index (χ4v) is 6.89. The van der Waals surface area contributed by atoms with Crippen LogP contribution in [-0.4, -0.2) is 29.9 Å². The Balaban J connectivity index is 1.22. The summed E-state index contributed by atoms with van der Waals surface area (Å²) in [6.07, 6.45) is 6.17. The molecule has 0 radical (unpaired) electrons. The molecule has 2 N–H and O–H groups in total. The second-order valence-electron chi connectivity index (χ2n) is 9.52. The number of hydrogen-bond donors (Lipinski definition) is 2. The zero-order chi connectivity index (χ0) is 23.9. The highest BCUT2D eigenvalue weighted by Crippen LogP contribution is 2.49. The molecule has 34 heavy (non-hydrogen) atoms. The molecule has 2 aliphatic carbocycles. The van der Waals surface area contributed by atoms with E-state index in [-0.39, 0.29) is 23.0 Å². The van der Waals surface area contributed by atoms with E-state index in [2.05, 4.69) is 15.0 Å². The summed E-state index contributed by atoms with van der Waals surface area (Å²) in [6.45, 7) is 1.76. The summed E-state index contributed by atoms with van der Waals surface area (Å²) in [4.78, 5) is 29.4. The first kappa shape index (κ1) is 22.7. The molecule has 3 aromatic rings. The Morgan fingerprint density at radius 1 is 1.12 bits per heavy atom. The number of carbonyl (C=O) groups is 1. The number of fused-ring (bicyclic) bond motifs is 3. The van der Waals surface area contributed by atoms with Crippen molar-refractivity contribution in [2.75, 3.05) is 5.32 Å². The van der Waals surface area contributed by atoms with Crippen LogP contribution in [0.1, 0.15) is 32.6 Å². The Bertz CT molecular complexity index is 1380. The lowest BCUT2D eigenvalue weighted by Gasteiger charge is -2.28.